The van der Waals surface area contributed by atoms with Gasteiger partial charge in [-0.15, -0.1) is 0 Å². The van der Waals surface area contributed by atoms with Gasteiger partial charge in [-0.1, -0.05) is 13.0 Å². The number of nitrogens with two attached hydrogens (primary N) is 1. The number of hydrogen-bond acceptors (Lipinski definition) is 3. The first-order valence-electron chi connectivity index (χ1n) is 5.02. The predicted molar refractivity (Wildman–Crippen MR) is 58.6 cm³/mol. The van der Waals surface area contributed by atoms with Crippen LogP contribution < -0.4 is 5.73 Å². The van der Waals surface area contributed by atoms with Crippen molar-refractivity contribution in [1.82, 2.24) is 14.8 Å². The lowest BCUT2D eigenvalue weighted by Crippen LogP contribution is -2.01. The van der Waals surface area contributed by atoms with Gasteiger partial charge in [-0.05, 0) is 23.6 Å². The van der Waals surface area contributed by atoms with Crippen molar-refractivity contribution in [2.24, 2.45) is 5.73 Å². The molecule has 0 atom stereocenters. The second kappa shape index (κ2) is 4.23. The molecule has 78 valence electrons. The molecule has 4 heteroatoms. The first-order chi connectivity index (χ1) is 7.33. The third kappa shape index (κ3) is 2.05. The zero-order valence-corrected chi connectivity index (χ0v) is 8.72. The third-order valence-corrected chi connectivity index (χ3v) is 2.32. The van der Waals surface area contributed by atoms with E-state index in [0.29, 0.717) is 6.54 Å². The van der Waals surface area contributed by atoms with E-state index in [1.54, 1.807) is 10.9 Å². The van der Waals surface area contributed by atoms with Crippen LogP contribution in [-0.2, 0) is 13.0 Å². The standard InChI is InChI=1S/C11H14N4/c1-2-9-7-14-15(8-9)11-4-3-10(5-12)6-13-11/h3-4,6-8H,2,5,12H2,1H3. The molecule has 2 aromatic rings. The summed E-state index contributed by atoms with van der Waals surface area (Å²) < 4.78 is 1.78. The van der Waals surface area contributed by atoms with Crippen LogP contribution >= 0.6 is 0 Å². The average molecular weight is 202 g/mol. The summed E-state index contributed by atoms with van der Waals surface area (Å²) in [6, 6.07) is 3.89. The van der Waals surface area contributed by atoms with Crippen molar-refractivity contribution in [2.75, 3.05) is 0 Å². The lowest BCUT2D eigenvalue weighted by atomic mass is 10.3. The normalized spacial score (nSPS) is 10.5. The minimum absolute atomic E-state index is 0.520. The average Bonchev–Trinajstić information content (AvgIpc) is 2.78. The molecule has 0 saturated carbocycles. The molecule has 0 fully saturated rings. The van der Waals surface area contributed by atoms with Crippen LogP contribution in [0.1, 0.15) is 18.1 Å². The molecule has 15 heavy (non-hydrogen) atoms. The smallest absolute Gasteiger partial charge is 0.153 e. The van der Waals surface area contributed by atoms with Crippen molar-refractivity contribution in [3.63, 3.8) is 0 Å². The van der Waals surface area contributed by atoms with E-state index in [1.807, 2.05) is 24.5 Å². The van der Waals surface area contributed by atoms with Crippen molar-refractivity contribution in [3.05, 3.63) is 41.9 Å². The number of rotatable bonds is 3. The van der Waals surface area contributed by atoms with E-state index in [2.05, 4.69) is 17.0 Å². The molecule has 0 aliphatic carbocycles. The van der Waals surface area contributed by atoms with E-state index in [-0.39, 0.29) is 0 Å². The Labute approximate surface area is 88.8 Å². The second-order valence-electron chi connectivity index (χ2n) is 3.38. The zero-order valence-electron chi connectivity index (χ0n) is 8.72. The molecule has 0 amide bonds. The Morgan fingerprint density at radius 2 is 2.13 bits per heavy atom. The minimum atomic E-state index is 0.520. The van der Waals surface area contributed by atoms with Gasteiger partial charge in [0.05, 0.1) is 6.20 Å². The molecule has 2 rings (SSSR count). The molecule has 0 unspecified atom stereocenters. The highest BCUT2D eigenvalue weighted by molar-refractivity contribution is 5.25. The SMILES string of the molecule is CCc1cnn(-c2ccc(CN)cn2)c1. The monoisotopic (exact) mass is 202 g/mol. The fraction of sp³-hybridized carbons (Fsp3) is 0.273. The molecule has 0 spiro atoms. The van der Waals surface area contributed by atoms with Crippen LogP contribution in [0.3, 0.4) is 0 Å². The summed E-state index contributed by atoms with van der Waals surface area (Å²) in [7, 11) is 0. The van der Waals surface area contributed by atoms with Crippen LogP contribution in [0.25, 0.3) is 5.82 Å². The van der Waals surface area contributed by atoms with Crippen molar-refractivity contribution in [3.8, 4) is 5.82 Å². The topological polar surface area (TPSA) is 56.7 Å². The van der Waals surface area contributed by atoms with Gasteiger partial charge in [-0.3, -0.25) is 0 Å². The molecular weight excluding hydrogens is 188 g/mol. The van der Waals surface area contributed by atoms with Gasteiger partial charge < -0.3 is 5.73 Å². The Hall–Kier alpha value is -1.68. The van der Waals surface area contributed by atoms with E-state index in [0.717, 1.165) is 17.8 Å². The number of pyridine rings is 1. The van der Waals surface area contributed by atoms with E-state index in [1.165, 1.54) is 5.56 Å². The van der Waals surface area contributed by atoms with E-state index in [4.69, 9.17) is 5.73 Å². The van der Waals surface area contributed by atoms with Crippen LogP contribution in [0.2, 0.25) is 0 Å². The number of aromatic nitrogens is 3. The molecule has 0 radical (unpaired) electrons. The Kier molecular flexibility index (Phi) is 2.78. The van der Waals surface area contributed by atoms with Crippen molar-refractivity contribution < 1.29 is 0 Å². The lowest BCUT2D eigenvalue weighted by molar-refractivity contribution is 0.842. The summed E-state index contributed by atoms with van der Waals surface area (Å²) in [5, 5.41) is 4.24. The van der Waals surface area contributed by atoms with Crippen LogP contribution in [0.5, 0.6) is 0 Å². The van der Waals surface area contributed by atoms with Crippen LogP contribution in [0, 0.1) is 0 Å². The summed E-state index contributed by atoms with van der Waals surface area (Å²) in [5.74, 6) is 0.826. The molecule has 4 nitrogen and oxygen atoms in total. The van der Waals surface area contributed by atoms with Gasteiger partial charge in [0.25, 0.3) is 0 Å². The Balaban J connectivity index is 2.28. The first kappa shape index (κ1) is 9.86. The number of aryl methyl sites for hydroxylation is 1. The lowest BCUT2D eigenvalue weighted by Gasteiger charge is -2.00. The van der Waals surface area contributed by atoms with E-state index in [9.17, 15) is 0 Å². The summed E-state index contributed by atoms with van der Waals surface area (Å²) in [6.45, 7) is 2.62. The Morgan fingerprint density at radius 1 is 1.27 bits per heavy atom. The number of nitrogens with zero attached hydrogens (tertiary/aromatic N) is 3. The molecular formula is C11H14N4. The molecule has 2 aromatic heterocycles. The maximum Gasteiger partial charge on any atom is 0.153 e. The molecule has 2 N–H and O–H groups in total. The van der Waals surface area contributed by atoms with Crippen LogP contribution in [0.15, 0.2) is 30.7 Å². The minimum Gasteiger partial charge on any atom is -0.326 e. The van der Waals surface area contributed by atoms with Crippen molar-refractivity contribution in [1.29, 1.82) is 0 Å². The first-order valence-corrected chi connectivity index (χ1v) is 5.02. The quantitative estimate of drug-likeness (QED) is 0.815. The molecule has 0 bridgehead atoms. The molecule has 0 aromatic carbocycles. The highest BCUT2D eigenvalue weighted by Crippen LogP contribution is 2.06. The highest BCUT2D eigenvalue weighted by atomic mass is 15.3. The van der Waals surface area contributed by atoms with Gasteiger partial charge in [0.1, 0.15) is 0 Å². The summed E-state index contributed by atoms with van der Waals surface area (Å²) >= 11 is 0. The van der Waals surface area contributed by atoms with E-state index < -0.39 is 0 Å². The Bertz CT molecular complexity index is 430. The van der Waals surface area contributed by atoms with Gasteiger partial charge in [0.2, 0.25) is 0 Å². The van der Waals surface area contributed by atoms with Crippen LogP contribution in [-0.4, -0.2) is 14.8 Å². The number of hydrogen-bond donors (Lipinski definition) is 1. The highest BCUT2D eigenvalue weighted by Gasteiger charge is 2.00. The summed E-state index contributed by atoms with van der Waals surface area (Å²) in [4.78, 5) is 4.29. The van der Waals surface area contributed by atoms with Gasteiger partial charge in [0.15, 0.2) is 5.82 Å². The third-order valence-electron chi connectivity index (χ3n) is 2.32. The second-order valence-corrected chi connectivity index (χ2v) is 3.38. The fourth-order valence-corrected chi connectivity index (χ4v) is 1.34. The maximum atomic E-state index is 5.50. The molecule has 2 heterocycles. The maximum absolute atomic E-state index is 5.50. The zero-order chi connectivity index (χ0) is 10.7. The summed E-state index contributed by atoms with van der Waals surface area (Å²) in [6.07, 6.45) is 6.62. The largest absolute Gasteiger partial charge is 0.326 e. The Morgan fingerprint density at radius 3 is 2.67 bits per heavy atom. The molecule has 0 aliphatic heterocycles. The predicted octanol–water partition coefficient (Wildman–Crippen LogP) is 1.29. The van der Waals surface area contributed by atoms with Gasteiger partial charge in [-0.2, -0.15) is 5.10 Å². The van der Waals surface area contributed by atoms with Crippen molar-refractivity contribution in [2.45, 2.75) is 19.9 Å². The summed E-state index contributed by atoms with van der Waals surface area (Å²) in [5.41, 5.74) is 7.74. The van der Waals surface area contributed by atoms with Crippen molar-refractivity contribution >= 4 is 0 Å². The van der Waals surface area contributed by atoms with E-state index >= 15 is 0 Å². The van der Waals surface area contributed by atoms with Crippen LogP contribution in [0.4, 0.5) is 0 Å². The van der Waals surface area contributed by atoms with Gasteiger partial charge in [0, 0.05) is 18.9 Å². The fourth-order valence-electron chi connectivity index (χ4n) is 1.34. The molecule has 0 aliphatic rings. The molecule has 0 saturated heterocycles. The van der Waals surface area contributed by atoms with Gasteiger partial charge in [-0.25, -0.2) is 9.67 Å². The van der Waals surface area contributed by atoms with Gasteiger partial charge >= 0.3 is 0 Å².